The normalized spacial score (nSPS) is 24.5. The highest BCUT2D eigenvalue weighted by molar-refractivity contribution is 4.90. The standard InChI is InChI=1S/C10H17N/c1-4-7-11-8-5-10(2,3)6-9-11/h1H,5-9H2,2-3H3. The summed E-state index contributed by atoms with van der Waals surface area (Å²) in [4.78, 5) is 2.35. The molecule has 1 aliphatic heterocycles. The van der Waals surface area contributed by atoms with E-state index in [4.69, 9.17) is 6.42 Å². The summed E-state index contributed by atoms with van der Waals surface area (Å²) in [7, 11) is 0. The third kappa shape index (κ3) is 2.55. The molecule has 1 rings (SSSR count). The zero-order valence-electron chi connectivity index (χ0n) is 7.56. The van der Waals surface area contributed by atoms with E-state index in [9.17, 15) is 0 Å². The van der Waals surface area contributed by atoms with Gasteiger partial charge in [0.15, 0.2) is 0 Å². The lowest BCUT2D eigenvalue weighted by atomic mass is 9.83. The predicted molar refractivity (Wildman–Crippen MR) is 48.3 cm³/mol. The first-order valence-electron chi connectivity index (χ1n) is 4.30. The molecule has 0 atom stereocenters. The number of nitrogens with zero attached hydrogens (tertiary/aromatic N) is 1. The van der Waals surface area contributed by atoms with Crippen LogP contribution in [0.3, 0.4) is 0 Å². The van der Waals surface area contributed by atoms with E-state index in [0.29, 0.717) is 5.41 Å². The number of piperidine rings is 1. The van der Waals surface area contributed by atoms with E-state index in [0.717, 1.165) is 6.54 Å². The zero-order chi connectivity index (χ0) is 8.32. The Balaban J connectivity index is 2.32. The molecule has 11 heavy (non-hydrogen) atoms. The van der Waals surface area contributed by atoms with Gasteiger partial charge in [-0.3, -0.25) is 4.90 Å². The van der Waals surface area contributed by atoms with Crippen molar-refractivity contribution in [2.75, 3.05) is 19.6 Å². The Hall–Kier alpha value is -0.480. The maximum atomic E-state index is 5.24. The maximum Gasteiger partial charge on any atom is 0.0598 e. The molecule has 0 spiro atoms. The molecule has 1 fully saturated rings. The smallest absolute Gasteiger partial charge is 0.0598 e. The number of terminal acetylenes is 1. The highest BCUT2D eigenvalue weighted by atomic mass is 15.1. The molecule has 0 amide bonds. The number of hydrogen-bond donors (Lipinski definition) is 0. The van der Waals surface area contributed by atoms with E-state index < -0.39 is 0 Å². The summed E-state index contributed by atoms with van der Waals surface area (Å²) in [6, 6.07) is 0. The van der Waals surface area contributed by atoms with Crippen molar-refractivity contribution >= 4 is 0 Å². The van der Waals surface area contributed by atoms with E-state index in [1.54, 1.807) is 0 Å². The van der Waals surface area contributed by atoms with Crippen molar-refractivity contribution in [3.63, 3.8) is 0 Å². The van der Waals surface area contributed by atoms with Crippen LogP contribution in [0.5, 0.6) is 0 Å². The first-order valence-corrected chi connectivity index (χ1v) is 4.30. The van der Waals surface area contributed by atoms with Crippen LogP contribution in [0.2, 0.25) is 0 Å². The van der Waals surface area contributed by atoms with E-state index in [2.05, 4.69) is 24.7 Å². The van der Waals surface area contributed by atoms with Crippen LogP contribution >= 0.6 is 0 Å². The first-order chi connectivity index (χ1) is 5.14. The van der Waals surface area contributed by atoms with Crippen molar-refractivity contribution in [1.82, 2.24) is 4.90 Å². The van der Waals surface area contributed by atoms with Crippen LogP contribution in [-0.2, 0) is 0 Å². The second-order valence-electron chi connectivity index (χ2n) is 4.14. The lowest BCUT2D eigenvalue weighted by Crippen LogP contribution is -2.37. The highest BCUT2D eigenvalue weighted by Crippen LogP contribution is 2.29. The van der Waals surface area contributed by atoms with Gasteiger partial charge in [-0.25, -0.2) is 0 Å². The molecule has 1 nitrogen and oxygen atoms in total. The van der Waals surface area contributed by atoms with Crippen LogP contribution in [0.15, 0.2) is 0 Å². The van der Waals surface area contributed by atoms with Crippen LogP contribution in [0.4, 0.5) is 0 Å². The Morgan fingerprint density at radius 3 is 2.36 bits per heavy atom. The molecule has 0 aromatic heterocycles. The Labute approximate surface area is 69.8 Å². The van der Waals surface area contributed by atoms with Gasteiger partial charge in [0.2, 0.25) is 0 Å². The molecule has 0 N–H and O–H groups in total. The number of likely N-dealkylation sites (tertiary alicyclic amines) is 1. The molecule has 0 bridgehead atoms. The van der Waals surface area contributed by atoms with Gasteiger partial charge < -0.3 is 0 Å². The van der Waals surface area contributed by atoms with Crippen molar-refractivity contribution in [2.45, 2.75) is 26.7 Å². The summed E-state index contributed by atoms with van der Waals surface area (Å²) in [5.41, 5.74) is 0.547. The highest BCUT2D eigenvalue weighted by Gasteiger charge is 2.24. The molecule has 0 radical (unpaired) electrons. The fourth-order valence-electron chi connectivity index (χ4n) is 1.45. The molecule has 1 heterocycles. The molecule has 1 aliphatic rings. The zero-order valence-corrected chi connectivity index (χ0v) is 7.56. The van der Waals surface area contributed by atoms with Gasteiger partial charge in [0, 0.05) is 0 Å². The van der Waals surface area contributed by atoms with Crippen LogP contribution in [0.25, 0.3) is 0 Å². The van der Waals surface area contributed by atoms with Crippen molar-refractivity contribution in [3.05, 3.63) is 0 Å². The first kappa shape index (κ1) is 8.62. The lowest BCUT2D eigenvalue weighted by molar-refractivity contribution is 0.145. The Morgan fingerprint density at radius 2 is 1.91 bits per heavy atom. The summed E-state index contributed by atoms with van der Waals surface area (Å²) in [5, 5.41) is 0. The SMILES string of the molecule is C#CCN1CCC(C)(C)CC1. The third-order valence-electron chi connectivity index (χ3n) is 2.52. The summed E-state index contributed by atoms with van der Waals surface area (Å²) < 4.78 is 0. The van der Waals surface area contributed by atoms with Crippen LogP contribution in [0.1, 0.15) is 26.7 Å². The van der Waals surface area contributed by atoms with Gasteiger partial charge in [-0.05, 0) is 31.3 Å². The van der Waals surface area contributed by atoms with Crippen LogP contribution in [0, 0.1) is 17.8 Å². The van der Waals surface area contributed by atoms with Gasteiger partial charge in [-0.2, -0.15) is 0 Å². The van der Waals surface area contributed by atoms with Gasteiger partial charge in [-0.15, -0.1) is 6.42 Å². The van der Waals surface area contributed by atoms with Gasteiger partial charge in [0.05, 0.1) is 6.54 Å². The molecular formula is C10H17N. The van der Waals surface area contributed by atoms with Gasteiger partial charge in [-0.1, -0.05) is 19.8 Å². The quantitative estimate of drug-likeness (QED) is 0.516. The predicted octanol–water partition coefficient (Wildman–Crippen LogP) is 1.74. The molecule has 0 unspecified atom stereocenters. The lowest BCUT2D eigenvalue weighted by Gasteiger charge is -2.35. The molecule has 0 aliphatic carbocycles. The Bertz CT molecular complexity index is 154. The van der Waals surface area contributed by atoms with Gasteiger partial charge >= 0.3 is 0 Å². The molecule has 0 aromatic rings. The van der Waals surface area contributed by atoms with Crippen molar-refractivity contribution in [2.24, 2.45) is 5.41 Å². The third-order valence-corrected chi connectivity index (χ3v) is 2.52. The minimum Gasteiger partial charge on any atom is -0.292 e. The molecule has 1 saturated heterocycles. The second kappa shape index (κ2) is 3.28. The Morgan fingerprint density at radius 1 is 1.36 bits per heavy atom. The molecule has 0 saturated carbocycles. The van der Waals surface area contributed by atoms with Crippen LogP contribution in [-0.4, -0.2) is 24.5 Å². The summed E-state index contributed by atoms with van der Waals surface area (Å²) in [5.74, 6) is 2.69. The van der Waals surface area contributed by atoms with Gasteiger partial charge in [0.25, 0.3) is 0 Å². The van der Waals surface area contributed by atoms with E-state index in [1.807, 2.05) is 0 Å². The minimum atomic E-state index is 0.547. The number of rotatable bonds is 1. The average molecular weight is 151 g/mol. The fraction of sp³-hybridized carbons (Fsp3) is 0.800. The van der Waals surface area contributed by atoms with E-state index >= 15 is 0 Å². The largest absolute Gasteiger partial charge is 0.292 e. The van der Waals surface area contributed by atoms with Crippen molar-refractivity contribution in [3.8, 4) is 12.3 Å². The molecular weight excluding hydrogens is 134 g/mol. The monoisotopic (exact) mass is 151 g/mol. The molecule has 0 aromatic carbocycles. The van der Waals surface area contributed by atoms with Crippen LogP contribution < -0.4 is 0 Å². The van der Waals surface area contributed by atoms with Crippen molar-refractivity contribution < 1.29 is 0 Å². The average Bonchev–Trinajstić information content (AvgIpc) is 1.94. The second-order valence-corrected chi connectivity index (χ2v) is 4.14. The summed E-state index contributed by atoms with van der Waals surface area (Å²) >= 11 is 0. The maximum absolute atomic E-state index is 5.24. The molecule has 1 heteroatoms. The van der Waals surface area contributed by atoms with E-state index in [-0.39, 0.29) is 0 Å². The molecule has 62 valence electrons. The van der Waals surface area contributed by atoms with E-state index in [1.165, 1.54) is 25.9 Å². The summed E-state index contributed by atoms with van der Waals surface area (Å²) in [6.07, 6.45) is 7.81. The van der Waals surface area contributed by atoms with Crippen molar-refractivity contribution in [1.29, 1.82) is 0 Å². The summed E-state index contributed by atoms with van der Waals surface area (Å²) in [6.45, 7) is 7.85. The fourth-order valence-corrected chi connectivity index (χ4v) is 1.45. The topological polar surface area (TPSA) is 3.24 Å². The number of hydrogen-bond acceptors (Lipinski definition) is 1. The van der Waals surface area contributed by atoms with Gasteiger partial charge in [0.1, 0.15) is 0 Å². The Kier molecular flexibility index (Phi) is 2.57. The minimum absolute atomic E-state index is 0.547.